The Morgan fingerprint density at radius 3 is 2.36 bits per heavy atom. The molecule has 1 radical (unpaired) electrons. The molecule has 147 valence electrons. The summed E-state index contributed by atoms with van der Waals surface area (Å²) in [7, 11) is 0. The van der Waals surface area contributed by atoms with E-state index in [9.17, 15) is 10.2 Å². The second-order valence-electron chi connectivity index (χ2n) is 8.56. The van der Waals surface area contributed by atoms with Crippen LogP contribution in [0.2, 0.25) is 0 Å². The summed E-state index contributed by atoms with van der Waals surface area (Å²) >= 11 is 0. The average Bonchev–Trinajstić information content (AvgIpc) is 3.45. The van der Waals surface area contributed by atoms with E-state index >= 15 is 0 Å². The molecular formula is C25H31O2Y-. The molecular weight excluding hydrogens is 421 g/mol. The molecule has 3 heteroatoms. The van der Waals surface area contributed by atoms with Crippen molar-refractivity contribution >= 4 is 0 Å². The SMILES string of the molecule is CCC(O)C1(c2ccc(C3CCC(O)C3CCc3cc[c-]cc3)cc2)CC1.[Y]. The van der Waals surface area contributed by atoms with Crippen LogP contribution in [0.25, 0.3) is 0 Å². The molecule has 0 bridgehead atoms. The van der Waals surface area contributed by atoms with Crippen molar-refractivity contribution in [1.82, 2.24) is 0 Å². The minimum absolute atomic E-state index is 0. The molecule has 0 saturated heterocycles. The summed E-state index contributed by atoms with van der Waals surface area (Å²) < 4.78 is 0. The maximum Gasteiger partial charge on any atom is 0.0634 e. The third kappa shape index (κ3) is 4.46. The van der Waals surface area contributed by atoms with Gasteiger partial charge < -0.3 is 10.2 Å². The molecule has 0 aliphatic heterocycles. The molecule has 2 N–H and O–H groups in total. The Bertz CT molecular complexity index is 739. The fourth-order valence-corrected chi connectivity index (χ4v) is 5.18. The molecule has 0 heterocycles. The first-order valence-electron chi connectivity index (χ1n) is 10.6. The number of rotatable bonds is 7. The molecule has 2 aliphatic carbocycles. The Labute approximate surface area is 194 Å². The summed E-state index contributed by atoms with van der Waals surface area (Å²) in [5.74, 6) is 0.770. The molecule has 4 atom stereocenters. The first-order chi connectivity index (χ1) is 13.1. The quantitative estimate of drug-likeness (QED) is 0.594. The zero-order valence-electron chi connectivity index (χ0n) is 16.8. The molecule has 0 aromatic heterocycles. The second kappa shape index (κ2) is 9.52. The molecule has 28 heavy (non-hydrogen) atoms. The van der Waals surface area contributed by atoms with Crippen LogP contribution in [0.4, 0.5) is 0 Å². The van der Waals surface area contributed by atoms with Crippen molar-refractivity contribution in [3.8, 4) is 0 Å². The monoisotopic (exact) mass is 452 g/mol. The van der Waals surface area contributed by atoms with Crippen LogP contribution in [0.5, 0.6) is 0 Å². The maximum atomic E-state index is 10.6. The molecule has 2 fully saturated rings. The van der Waals surface area contributed by atoms with Crippen LogP contribution >= 0.6 is 0 Å². The van der Waals surface area contributed by atoms with Crippen LogP contribution in [-0.2, 0) is 44.5 Å². The molecule has 4 unspecified atom stereocenters. The fraction of sp³-hybridized carbons (Fsp3) is 0.520. The van der Waals surface area contributed by atoms with Crippen LogP contribution in [0.1, 0.15) is 68.1 Å². The number of hydrogen-bond donors (Lipinski definition) is 2. The minimum Gasteiger partial charge on any atom is -0.393 e. The van der Waals surface area contributed by atoms with Gasteiger partial charge in [0.2, 0.25) is 0 Å². The molecule has 2 aromatic carbocycles. The van der Waals surface area contributed by atoms with Crippen molar-refractivity contribution in [2.45, 2.75) is 75.4 Å². The van der Waals surface area contributed by atoms with Gasteiger partial charge in [0.15, 0.2) is 0 Å². The summed E-state index contributed by atoms with van der Waals surface area (Å²) in [4.78, 5) is 0. The Kier molecular flexibility index (Phi) is 7.53. The van der Waals surface area contributed by atoms with E-state index in [2.05, 4.69) is 49.4 Å². The van der Waals surface area contributed by atoms with Crippen LogP contribution in [0.3, 0.4) is 0 Å². The molecule has 2 aromatic rings. The summed E-state index contributed by atoms with van der Waals surface area (Å²) in [6.45, 7) is 2.06. The van der Waals surface area contributed by atoms with Crippen molar-refractivity contribution in [2.75, 3.05) is 0 Å². The summed E-state index contributed by atoms with van der Waals surface area (Å²) in [5, 5.41) is 21.0. The number of benzene rings is 2. The molecule has 0 spiro atoms. The van der Waals surface area contributed by atoms with Crippen molar-refractivity contribution in [3.05, 3.63) is 71.3 Å². The van der Waals surface area contributed by atoms with Crippen LogP contribution in [0, 0.1) is 12.0 Å². The fourth-order valence-electron chi connectivity index (χ4n) is 5.18. The van der Waals surface area contributed by atoms with Crippen molar-refractivity contribution in [3.63, 3.8) is 0 Å². The van der Waals surface area contributed by atoms with Gasteiger partial charge in [-0.15, -0.1) is 0 Å². The van der Waals surface area contributed by atoms with E-state index in [4.69, 9.17) is 0 Å². The van der Waals surface area contributed by atoms with E-state index in [0.717, 1.165) is 44.9 Å². The standard InChI is InChI=1S/C25H31O2.Y/c1-2-24(27)25(16-17-25)20-11-9-19(10-12-20)21-14-15-23(26)22(21)13-8-18-6-4-3-5-7-18;/h4-7,9-12,21-24,26-27H,2,8,13-17H2,1H3;/q-1;. The van der Waals surface area contributed by atoms with Gasteiger partial charge in [-0.05, 0) is 61.5 Å². The van der Waals surface area contributed by atoms with Gasteiger partial charge in [0.25, 0.3) is 0 Å². The van der Waals surface area contributed by atoms with Crippen LogP contribution in [0.15, 0.2) is 48.5 Å². The van der Waals surface area contributed by atoms with Crippen LogP contribution in [-0.4, -0.2) is 22.4 Å². The number of aliphatic hydroxyl groups excluding tert-OH is 2. The third-order valence-corrected chi connectivity index (χ3v) is 7.07. The van der Waals surface area contributed by atoms with Crippen molar-refractivity contribution in [1.29, 1.82) is 0 Å². The van der Waals surface area contributed by atoms with Gasteiger partial charge in [0.05, 0.1) is 12.2 Å². The topological polar surface area (TPSA) is 40.5 Å². The summed E-state index contributed by atoms with van der Waals surface area (Å²) in [5.41, 5.74) is 3.97. The normalized spacial score (nSPS) is 26.5. The Morgan fingerprint density at radius 1 is 1.07 bits per heavy atom. The first-order valence-corrected chi connectivity index (χ1v) is 10.6. The molecule has 4 rings (SSSR count). The predicted molar refractivity (Wildman–Crippen MR) is 109 cm³/mol. The van der Waals surface area contributed by atoms with E-state index in [1.807, 2.05) is 12.1 Å². The van der Waals surface area contributed by atoms with E-state index in [-0.39, 0.29) is 50.3 Å². The predicted octanol–water partition coefficient (Wildman–Crippen LogP) is 4.77. The maximum absolute atomic E-state index is 10.6. The largest absolute Gasteiger partial charge is 0.393 e. The molecule has 2 saturated carbocycles. The molecule has 0 amide bonds. The second-order valence-corrected chi connectivity index (χ2v) is 8.56. The summed E-state index contributed by atoms with van der Waals surface area (Å²) in [6.07, 6.45) is 6.59. The molecule has 2 aliphatic rings. The van der Waals surface area contributed by atoms with E-state index in [1.54, 1.807) is 0 Å². The Morgan fingerprint density at radius 2 is 1.75 bits per heavy atom. The van der Waals surface area contributed by atoms with Gasteiger partial charge in [-0.2, -0.15) is 35.9 Å². The number of aryl methyl sites for hydroxylation is 1. The first kappa shape index (κ1) is 22.2. The zero-order chi connectivity index (χ0) is 18.9. The van der Waals surface area contributed by atoms with E-state index in [1.165, 1.54) is 16.7 Å². The summed E-state index contributed by atoms with van der Waals surface area (Å²) in [6, 6.07) is 20.2. The smallest absolute Gasteiger partial charge is 0.0634 e. The third-order valence-electron chi connectivity index (χ3n) is 7.07. The minimum atomic E-state index is -0.229. The number of hydrogen-bond acceptors (Lipinski definition) is 2. The van der Waals surface area contributed by atoms with Gasteiger partial charge in [-0.25, -0.2) is 0 Å². The van der Waals surface area contributed by atoms with Gasteiger partial charge in [0.1, 0.15) is 0 Å². The van der Waals surface area contributed by atoms with Gasteiger partial charge >= 0.3 is 0 Å². The van der Waals surface area contributed by atoms with Crippen molar-refractivity contribution < 1.29 is 42.9 Å². The Hall–Kier alpha value is -0.536. The van der Waals surface area contributed by atoms with Gasteiger partial charge in [-0.1, -0.05) is 37.6 Å². The Balaban J connectivity index is 0.00000225. The van der Waals surface area contributed by atoms with Crippen LogP contribution < -0.4 is 0 Å². The van der Waals surface area contributed by atoms with E-state index in [0.29, 0.717) is 11.8 Å². The van der Waals surface area contributed by atoms with Gasteiger partial charge in [0, 0.05) is 38.1 Å². The van der Waals surface area contributed by atoms with Crippen molar-refractivity contribution in [2.24, 2.45) is 5.92 Å². The van der Waals surface area contributed by atoms with Gasteiger partial charge in [-0.3, -0.25) is 0 Å². The molecule has 2 nitrogen and oxygen atoms in total. The number of aliphatic hydroxyl groups is 2. The zero-order valence-corrected chi connectivity index (χ0v) is 19.7. The van der Waals surface area contributed by atoms with E-state index < -0.39 is 0 Å². The average molecular weight is 452 g/mol.